The highest BCUT2D eigenvalue weighted by Gasteiger charge is 2.08. The molecule has 1 N–H and O–H groups in total. The Hall–Kier alpha value is -1.69. The topological polar surface area (TPSA) is 72.3 Å². The van der Waals surface area contributed by atoms with Gasteiger partial charge in [-0.15, -0.1) is 0 Å². The van der Waals surface area contributed by atoms with Gasteiger partial charge in [0.05, 0.1) is 6.61 Å². The smallest absolute Gasteiger partial charge is 0.303 e. The molecule has 0 atom stereocenters. The van der Waals surface area contributed by atoms with Gasteiger partial charge in [0, 0.05) is 22.0 Å². The SMILES string of the molecule is Cc1ncnc2c(OCCCC(=O)O)cc(Br)cc12. The van der Waals surface area contributed by atoms with E-state index in [1.807, 2.05) is 19.1 Å². The van der Waals surface area contributed by atoms with Crippen molar-refractivity contribution in [2.75, 3.05) is 6.61 Å². The van der Waals surface area contributed by atoms with E-state index in [-0.39, 0.29) is 6.42 Å². The minimum atomic E-state index is -0.819. The molecule has 19 heavy (non-hydrogen) atoms. The van der Waals surface area contributed by atoms with Crippen molar-refractivity contribution in [3.8, 4) is 5.75 Å². The molecule has 0 saturated carbocycles. The van der Waals surface area contributed by atoms with Gasteiger partial charge in [0.15, 0.2) is 0 Å². The first kappa shape index (κ1) is 13.7. The molecular weight excluding hydrogens is 312 g/mol. The number of rotatable bonds is 5. The minimum absolute atomic E-state index is 0.0972. The van der Waals surface area contributed by atoms with Gasteiger partial charge in [-0.2, -0.15) is 0 Å². The summed E-state index contributed by atoms with van der Waals surface area (Å²) in [5.74, 6) is -0.180. The highest BCUT2D eigenvalue weighted by Crippen LogP contribution is 2.29. The van der Waals surface area contributed by atoms with Crippen LogP contribution in [-0.2, 0) is 4.79 Å². The van der Waals surface area contributed by atoms with Crippen molar-refractivity contribution in [2.24, 2.45) is 0 Å². The summed E-state index contributed by atoms with van der Waals surface area (Å²) in [6.45, 7) is 2.26. The maximum atomic E-state index is 10.4. The number of hydrogen-bond acceptors (Lipinski definition) is 4. The van der Waals surface area contributed by atoms with Gasteiger partial charge in [-0.25, -0.2) is 9.97 Å². The molecule has 5 nitrogen and oxygen atoms in total. The average Bonchev–Trinajstić information content (AvgIpc) is 2.35. The summed E-state index contributed by atoms with van der Waals surface area (Å²) in [6.07, 6.45) is 2.06. The van der Waals surface area contributed by atoms with Crippen molar-refractivity contribution in [1.29, 1.82) is 0 Å². The van der Waals surface area contributed by atoms with Crippen LogP contribution in [0, 0.1) is 6.92 Å². The molecule has 0 aliphatic carbocycles. The number of ether oxygens (including phenoxy) is 1. The summed E-state index contributed by atoms with van der Waals surface area (Å²) in [4.78, 5) is 18.8. The third-order valence-electron chi connectivity index (χ3n) is 2.66. The first-order chi connectivity index (χ1) is 9.08. The Kier molecular flexibility index (Phi) is 4.31. The van der Waals surface area contributed by atoms with E-state index in [4.69, 9.17) is 9.84 Å². The lowest BCUT2D eigenvalue weighted by atomic mass is 10.2. The fourth-order valence-corrected chi connectivity index (χ4v) is 2.18. The van der Waals surface area contributed by atoms with Gasteiger partial charge < -0.3 is 9.84 Å². The number of carboxylic acid groups (broad SMARTS) is 1. The van der Waals surface area contributed by atoms with Crippen LogP contribution in [0.5, 0.6) is 5.75 Å². The van der Waals surface area contributed by atoms with Crippen LogP contribution in [0.2, 0.25) is 0 Å². The fraction of sp³-hybridized carbons (Fsp3) is 0.308. The van der Waals surface area contributed by atoms with E-state index in [0.29, 0.717) is 18.8 Å². The summed E-state index contributed by atoms with van der Waals surface area (Å²) in [7, 11) is 0. The second-order valence-corrected chi connectivity index (χ2v) is 5.02. The van der Waals surface area contributed by atoms with Gasteiger partial charge in [-0.05, 0) is 25.5 Å². The van der Waals surface area contributed by atoms with Crippen molar-refractivity contribution >= 4 is 32.8 Å². The first-order valence-corrected chi connectivity index (χ1v) is 6.62. The van der Waals surface area contributed by atoms with Crippen molar-refractivity contribution in [2.45, 2.75) is 19.8 Å². The number of hydrogen-bond donors (Lipinski definition) is 1. The lowest BCUT2D eigenvalue weighted by Crippen LogP contribution is -2.03. The van der Waals surface area contributed by atoms with Gasteiger partial charge >= 0.3 is 5.97 Å². The van der Waals surface area contributed by atoms with E-state index in [9.17, 15) is 4.79 Å². The highest BCUT2D eigenvalue weighted by molar-refractivity contribution is 9.10. The summed E-state index contributed by atoms with van der Waals surface area (Å²) < 4.78 is 6.50. The molecule has 0 bridgehead atoms. The lowest BCUT2D eigenvalue weighted by Gasteiger charge is -2.09. The van der Waals surface area contributed by atoms with E-state index in [0.717, 1.165) is 21.1 Å². The number of aryl methyl sites for hydroxylation is 1. The Morgan fingerprint density at radius 3 is 2.95 bits per heavy atom. The Morgan fingerprint density at radius 1 is 1.42 bits per heavy atom. The van der Waals surface area contributed by atoms with E-state index in [2.05, 4.69) is 25.9 Å². The molecule has 100 valence electrons. The molecular formula is C13H13BrN2O3. The third-order valence-corrected chi connectivity index (χ3v) is 3.12. The molecule has 0 saturated heterocycles. The molecule has 0 radical (unpaired) electrons. The number of halogens is 1. The van der Waals surface area contributed by atoms with Crippen LogP contribution in [0.1, 0.15) is 18.5 Å². The maximum Gasteiger partial charge on any atom is 0.303 e. The Balaban J connectivity index is 2.22. The molecule has 0 spiro atoms. The summed E-state index contributed by atoms with van der Waals surface area (Å²) in [5, 5.41) is 9.50. The standard InChI is InChI=1S/C13H13BrN2O3/c1-8-10-5-9(14)6-11(13(10)16-7-15-8)19-4-2-3-12(17)18/h5-7H,2-4H2,1H3,(H,17,18). The van der Waals surface area contributed by atoms with Gasteiger partial charge in [0.25, 0.3) is 0 Å². The normalized spacial score (nSPS) is 10.6. The molecule has 2 aromatic rings. The molecule has 0 fully saturated rings. The number of aliphatic carboxylic acids is 1. The van der Waals surface area contributed by atoms with Crippen LogP contribution in [-0.4, -0.2) is 27.7 Å². The van der Waals surface area contributed by atoms with Crippen LogP contribution < -0.4 is 4.74 Å². The van der Waals surface area contributed by atoms with Crippen LogP contribution in [0.4, 0.5) is 0 Å². The highest BCUT2D eigenvalue weighted by atomic mass is 79.9. The number of benzene rings is 1. The maximum absolute atomic E-state index is 10.4. The van der Waals surface area contributed by atoms with Crippen LogP contribution in [0.15, 0.2) is 22.9 Å². The molecule has 0 unspecified atom stereocenters. The predicted molar refractivity (Wildman–Crippen MR) is 74.3 cm³/mol. The minimum Gasteiger partial charge on any atom is -0.491 e. The van der Waals surface area contributed by atoms with Crippen molar-refractivity contribution < 1.29 is 14.6 Å². The van der Waals surface area contributed by atoms with Crippen LogP contribution >= 0.6 is 15.9 Å². The Labute approximate surface area is 118 Å². The van der Waals surface area contributed by atoms with Crippen LogP contribution in [0.3, 0.4) is 0 Å². The largest absolute Gasteiger partial charge is 0.491 e. The second kappa shape index (κ2) is 5.97. The molecule has 1 aromatic carbocycles. The number of fused-ring (bicyclic) bond motifs is 1. The summed E-state index contributed by atoms with van der Waals surface area (Å²) >= 11 is 3.42. The van der Waals surface area contributed by atoms with E-state index < -0.39 is 5.97 Å². The summed E-state index contributed by atoms with van der Waals surface area (Å²) in [5.41, 5.74) is 1.62. The first-order valence-electron chi connectivity index (χ1n) is 5.83. The molecule has 0 aliphatic heterocycles. The monoisotopic (exact) mass is 324 g/mol. The second-order valence-electron chi connectivity index (χ2n) is 4.10. The predicted octanol–water partition coefficient (Wildman–Crippen LogP) is 2.94. The lowest BCUT2D eigenvalue weighted by molar-refractivity contribution is -0.137. The molecule has 0 aliphatic rings. The van der Waals surface area contributed by atoms with Crippen molar-refractivity contribution in [1.82, 2.24) is 9.97 Å². The molecule has 0 amide bonds. The van der Waals surface area contributed by atoms with E-state index >= 15 is 0 Å². The molecule has 1 aromatic heterocycles. The van der Waals surface area contributed by atoms with E-state index in [1.165, 1.54) is 6.33 Å². The van der Waals surface area contributed by atoms with E-state index in [1.54, 1.807) is 0 Å². The van der Waals surface area contributed by atoms with Gasteiger partial charge in [-0.1, -0.05) is 15.9 Å². The van der Waals surface area contributed by atoms with Crippen molar-refractivity contribution in [3.63, 3.8) is 0 Å². The van der Waals surface area contributed by atoms with Gasteiger partial charge in [0.2, 0.25) is 0 Å². The molecule has 2 rings (SSSR count). The average molecular weight is 325 g/mol. The van der Waals surface area contributed by atoms with Gasteiger partial charge in [0.1, 0.15) is 17.6 Å². The zero-order valence-electron chi connectivity index (χ0n) is 10.4. The Bertz CT molecular complexity index is 616. The zero-order valence-corrected chi connectivity index (χ0v) is 12.0. The quantitative estimate of drug-likeness (QED) is 0.856. The Morgan fingerprint density at radius 2 is 2.21 bits per heavy atom. The third kappa shape index (κ3) is 3.41. The number of aromatic nitrogens is 2. The summed E-state index contributed by atoms with van der Waals surface area (Å²) in [6, 6.07) is 3.77. The molecule has 6 heteroatoms. The number of nitrogens with zero attached hydrogens (tertiary/aromatic N) is 2. The molecule has 1 heterocycles. The van der Waals surface area contributed by atoms with Crippen molar-refractivity contribution in [3.05, 3.63) is 28.6 Å². The fourth-order valence-electron chi connectivity index (χ4n) is 1.74. The number of carbonyl (C=O) groups is 1. The zero-order chi connectivity index (χ0) is 13.8. The van der Waals surface area contributed by atoms with Crippen LogP contribution in [0.25, 0.3) is 10.9 Å². The van der Waals surface area contributed by atoms with Gasteiger partial charge in [-0.3, -0.25) is 4.79 Å². The number of carboxylic acids is 1.